The largest absolute Gasteiger partial charge is 0.478 e. The Bertz CT molecular complexity index is 551. The second-order valence-corrected chi connectivity index (χ2v) is 7.53. The van der Waals surface area contributed by atoms with E-state index in [0.717, 1.165) is 11.1 Å². The van der Waals surface area contributed by atoms with Gasteiger partial charge in [-0.15, -0.1) is 0 Å². The van der Waals surface area contributed by atoms with Gasteiger partial charge in [-0.05, 0) is 23.0 Å². The van der Waals surface area contributed by atoms with E-state index in [2.05, 4.69) is 0 Å². The third-order valence-corrected chi connectivity index (χ3v) is 3.46. The number of carboxylic acids is 1. The fraction of sp³-hybridized carbons (Fsp3) is 0.556. The molecule has 0 bridgehead atoms. The summed E-state index contributed by atoms with van der Waals surface area (Å²) in [5.41, 5.74) is 1.01. The van der Waals surface area contributed by atoms with E-state index in [0.29, 0.717) is 5.75 Å². The van der Waals surface area contributed by atoms with Gasteiger partial charge in [0.15, 0.2) is 0 Å². The number of hydrogen-bond donors (Lipinski definition) is 1. The standard InChI is InChI=1S/C18H26O4/c1-8-14(19)22-15-12(17(2,3)4)9-11(16(20)21)10-13(15)18(5,6)7/h9-10H,8H2,1-7H3,(H,20,21). The summed E-state index contributed by atoms with van der Waals surface area (Å²) >= 11 is 0. The molecule has 0 amide bonds. The van der Waals surface area contributed by atoms with Gasteiger partial charge in [0.25, 0.3) is 0 Å². The van der Waals surface area contributed by atoms with E-state index in [1.807, 2.05) is 41.5 Å². The van der Waals surface area contributed by atoms with Crippen molar-refractivity contribution in [3.63, 3.8) is 0 Å². The summed E-state index contributed by atoms with van der Waals surface area (Å²) < 4.78 is 5.58. The minimum Gasteiger partial charge on any atom is -0.478 e. The minimum absolute atomic E-state index is 0.214. The summed E-state index contributed by atoms with van der Waals surface area (Å²) in [4.78, 5) is 23.3. The molecule has 122 valence electrons. The Morgan fingerprint density at radius 3 is 1.68 bits per heavy atom. The van der Waals surface area contributed by atoms with Crippen LogP contribution >= 0.6 is 0 Å². The molecule has 0 aliphatic carbocycles. The quantitative estimate of drug-likeness (QED) is 0.668. The molecule has 0 unspecified atom stereocenters. The van der Waals surface area contributed by atoms with Gasteiger partial charge in [0.05, 0.1) is 5.56 Å². The highest BCUT2D eigenvalue weighted by atomic mass is 16.5. The summed E-state index contributed by atoms with van der Waals surface area (Å²) in [6.07, 6.45) is 0.272. The van der Waals surface area contributed by atoms with Crippen molar-refractivity contribution in [2.45, 2.75) is 65.7 Å². The van der Waals surface area contributed by atoms with Crippen LogP contribution in [-0.2, 0) is 15.6 Å². The molecule has 4 heteroatoms. The summed E-state index contributed by atoms with van der Waals surface area (Å²) in [5, 5.41) is 9.38. The first kappa shape index (κ1) is 18.2. The maximum absolute atomic E-state index is 11.8. The summed E-state index contributed by atoms with van der Waals surface area (Å²) in [6.45, 7) is 13.6. The van der Waals surface area contributed by atoms with Crippen LogP contribution in [-0.4, -0.2) is 17.0 Å². The van der Waals surface area contributed by atoms with Crippen LogP contribution in [0.5, 0.6) is 5.75 Å². The molecule has 0 aliphatic rings. The minimum atomic E-state index is -0.982. The first-order chi connectivity index (χ1) is 9.87. The first-order valence-electron chi connectivity index (χ1n) is 7.51. The molecule has 0 heterocycles. The van der Waals surface area contributed by atoms with Crippen molar-refractivity contribution in [2.24, 2.45) is 0 Å². The fourth-order valence-corrected chi connectivity index (χ4v) is 2.16. The SMILES string of the molecule is CCC(=O)Oc1c(C(C)(C)C)cc(C(=O)O)cc1C(C)(C)C. The van der Waals surface area contributed by atoms with Crippen LogP contribution in [0.3, 0.4) is 0 Å². The number of ether oxygens (including phenoxy) is 1. The van der Waals surface area contributed by atoms with Gasteiger partial charge in [-0.25, -0.2) is 4.79 Å². The lowest BCUT2D eigenvalue weighted by molar-refractivity contribution is -0.134. The van der Waals surface area contributed by atoms with Gasteiger partial charge < -0.3 is 9.84 Å². The van der Waals surface area contributed by atoms with E-state index in [-0.39, 0.29) is 28.8 Å². The number of esters is 1. The van der Waals surface area contributed by atoms with E-state index in [4.69, 9.17) is 4.74 Å². The van der Waals surface area contributed by atoms with Gasteiger partial charge in [-0.3, -0.25) is 4.79 Å². The average molecular weight is 306 g/mol. The van der Waals surface area contributed by atoms with Crippen LogP contribution in [0.1, 0.15) is 76.4 Å². The van der Waals surface area contributed by atoms with Crippen LogP contribution < -0.4 is 4.74 Å². The molecular formula is C18H26O4. The van der Waals surface area contributed by atoms with Crippen LogP contribution in [0, 0.1) is 0 Å². The van der Waals surface area contributed by atoms with Gasteiger partial charge in [0.2, 0.25) is 0 Å². The van der Waals surface area contributed by atoms with Gasteiger partial charge in [-0.2, -0.15) is 0 Å². The number of hydrogen-bond acceptors (Lipinski definition) is 3. The normalized spacial score (nSPS) is 12.1. The smallest absolute Gasteiger partial charge is 0.335 e. The molecule has 0 saturated carbocycles. The van der Waals surface area contributed by atoms with Gasteiger partial charge in [0.1, 0.15) is 5.75 Å². The molecule has 0 aliphatic heterocycles. The molecule has 0 fully saturated rings. The average Bonchev–Trinajstić information content (AvgIpc) is 2.35. The van der Waals surface area contributed by atoms with Crippen molar-refractivity contribution < 1.29 is 19.4 Å². The number of carboxylic acid groups (broad SMARTS) is 1. The lowest BCUT2D eigenvalue weighted by Crippen LogP contribution is -2.22. The van der Waals surface area contributed by atoms with Gasteiger partial charge in [-0.1, -0.05) is 48.5 Å². The van der Waals surface area contributed by atoms with E-state index >= 15 is 0 Å². The lowest BCUT2D eigenvalue weighted by atomic mass is 9.78. The topological polar surface area (TPSA) is 63.6 Å². The van der Waals surface area contributed by atoms with Crippen LogP contribution in [0.25, 0.3) is 0 Å². The third kappa shape index (κ3) is 4.09. The van der Waals surface area contributed by atoms with Crippen LogP contribution in [0.4, 0.5) is 0 Å². The van der Waals surface area contributed by atoms with Crippen LogP contribution in [0.15, 0.2) is 12.1 Å². The van der Waals surface area contributed by atoms with Crippen LogP contribution in [0.2, 0.25) is 0 Å². The van der Waals surface area contributed by atoms with Crippen molar-refractivity contribution in [1.82, 2.24) is 0 Å². The number of carbonyl (C=O) groups is 2. The highest BCUT2D eigenvalue weighted by Crippen LogP contribution is 2.40. The van der Waals surface area contributed by atoms with E-state index in [1.54, 1.807) is 19.1 Å². The molecular weight excluding hydrogens is 280 g/mol. The Morgan fingerprint density at radius 1 is 1.00 bits per heavy atom. The zero-order chi connectivity index (χ0) is 17.3. The van der Waals surface area contributed by atoms with Gasteiger partial charge >= 0.3 is 11.9 Å². The molecule has 0 atom stereocenters. The zero-order valence-corrected chi connectivity index (χ0v) is 14.5. The second-order valence-electron chi connectivity index (χ2n) is 7.53. The third-order valence-electron chi connectivity index (χ3n) is 3.46. The Morgan fingerprint density at radius 2 is 1.41 bits per heavy atom. The zero-order valence-electron chi connectivity index (χ0n) is 14.5. The summed E-state index contributed by atoms with van der Waals surface area (Å²) in [6, 6.07) is 3.21. The van der Waals surface area contributed by atoms with Crippen molar-refractivity contribution in [2.75, 3.05) is 0 Å². The molecule has 0 aromatic heterocycles. The highest BCUT2D eigenvalue weighted by Gasteiger charge is 2.30. The predicted octanol–water partition coefficient (Wildman–Crippen LogP) is 4.30. The number of carbonyl (C=O) groups excluding carboxylic acids is 1. The monoisotopic (exact) mass is 306 g/mol. The molecule has 1 aromatic carbocycles. The number of rotatable bonds is 3. The van der Waals surface area contributed by atoms with Crippen molar-refractivity contribution in [3.05, 3.63) is 28.8 Å². The molecule has 0 radical (unpaired) electrons. The summed E-state index contributed by atoms with van der Waals surface area (Å²) in [5.74, 6) is -0.805. The Hall–Kier alpha value is -1.84. The van der Waals surface area contributed by atoms with E-state index < -0.39 is 5.97 Å². The van der Waals surface area contributed by atoms with Crippen molar-refractivity contribution >= 4 is 11.9 Å². The Labute approximate surface area is 132 Å². The highest BCUT2D eigenvalue weighted by molar-refractivity contribution is 5.89. The number of benzene rings is 1. The molecule has 4 nitrogen and oxygen atoms in total. The molecule has 1 aromatic rings. The van der Waals surface area contributed by atoms with Crippen molar-refractivity contribution in [3.8, 4) is 5.75 Å². The fourth-order valence-electron chi connectivity index (χ4n) is 2.16. The maximum Gasteiger partial charge on any atom is 0.335 e. The Balaban J connectivity index is 3.74. The second kappa shape index (κ2) is 6.11. The predicted molar refractivity (Wildman–Crippen MR) is 86.7 cm³/mol. The molecule has 0 spiro atoms. The molecule has 1 N–H and O–H groups in total. The van der Waals surface area contributed by atoms with E-state index in [9.17, 15) is 14.7 Å². The van der Waals surface area contributed by atoms with Gasteiger partial charge in [0, 0.05) is 17.5 Å². The molecule has 0 saturated heterocycles. The van der Waals surface area contributed by atoms with Crippen molar-refractivity contribution in [1.29, 1.82) is 0 Å². The maximum atomic E-state index is 11.8. The van der Waals surface area contributed by atoms with E-state index in [1.165, 1.54) is 0 Å². The molecule has 22 heavy (non-hydrogen) atoms. The first-order valence-corrected chi connectivity index (χ1v) is 7.51. The Kier molecular flexibility index (Phi) is 5.06. The lowest BCUT2D eigenvalue weighted by Gasteiger charge is -2.29. The molecule has 1 rings (SSSR count). The summed E-state index contributed by atoms with van der Waals surface area (Å²) in [7, 11) is 0. The number of aromatic carboxylic acids is 1.